The number of alkyl halides is 3. The maximum absolute atomic E-state index is 12.4. The number of halogens is 3. The lowest BCUT2D eigenvalue weighted by molar-refractivity contribution is -0.137. The number of hydrogen-bond donors (Lipinski definition) is 2. The highest BCUT2D eigenvalue weighted by atomic mass is 19.4. The molecular formula is C12H11F3N4. The first-order chi connectivity index (χ1) is 8.95. The molecule has 0 spiro atoms. The Balaban J connectivity index is 1.98. The summed E-state index contributed by atoms with van der Waals surface area (Å²) in [4.78, 5) is 7.81. The van der Waals surface area contributed by atoms with Crippen molar-refractivity contribution >= 4 is 11.6 Å². The Hall–Kier alpha value is -2.31. The van der Waals surface area contributed by atoms with Gasteiger partial charge in [-0.15, -0.1) is 0 Å². The van der Waals surface area contributed by atoms with Gasteiger partial charge in [0.15, 0.2) is 0 Å². The molecule has 0 saturated carbocycles. The molecule has 100 valence electrons. The van der Waals surface area contributed by atoms with E-state index < -0.39 is 11.7 Å². The van der Waals surface area contributed by atoms with Crippen LogP contribution in [0, 0.1) is 0 Å². The topological polar surface area (TPSA) is 63.8 Å². The summed E-state index contributed by atoms with van der Waals surface area (Å²) in [6, 6.07) is 4.93. The quantitative estimate of drug-likeness (QED) is 0.898. The van der Waals surface area contributed by atoms with E-state index in [0.29, 0.717) is 23.7 Å². The molecule has 0 aliphatic rings. The smallest absolute Gasteiger partial charge is 0.382 e. The van der Waals surface area contributed by atoms with Gasteiger partial charge in [-0.05, 0) is 17.7 Å². The standard InChI is InChI=1S/C12H11F3N4/c13-12(14,15)9-3-1-8(2-4-9)5-18-11-7-17-10(16)6-19-11/h1-4,6-7H,5H2,(H2,16,17)(H,18,19). The SMILES string of the molecule is Nc1cnc(NCc2ccc(C(F)(F)F)cc2)cn1. The van der Waals surface area contributed by atoms with Crippen LogP contribution in [0.1, 0.15) is 11.1 Å². The third kappa shape index (κ3) is 3.57. The van der Waals surface area contributed by atoms with Gasteiger partial charge in [-0.1, -0.05) is 12.1 Å². The second kappa shape index (κ2) is 5.13. The molecule has 0 bridgehead atoms. The van der Waals surface area contributed by atoms with Gasteiger partial charge in [-0.2, -0.15) is 13.2 Å². The van der Waals surface area contributed by atoms with Gasteiger partial charge in [0.25, 0.3) is 0 Å². The summed E-state index contributed by atoms with van der Waals surface area (Å²) in [5, 5.41) is 2.94. The van der Waals surface area contributed by atoms with Crippen molar-refractivity contribution in [1.29, 1.82) is 0 Å². The number of nitrogen functional groups attached to an aromatic ring is 1. The fraction of sp³-hybridized carbons (Fsp3) is 0.167. The van der Waals surface area contributed by atoms with Crippen LogP contribution >= 0.6 is 0 Å². The average Bonchev–Trinajstić information content (AvgIpc) is 2.37. The van der Waals surface area contributed by atoms with Crippen molar-refractivity contribution in [2.24, 2.45) is 0 Å². The van der Waals surface area contributed by atoms with Gasteiger partial charge in [0, 0.05) is 6.54 Å². The minimum Gasteiger partial charge on any atom is -0.382 e. The number of benzene rings is 1. The summed E-state index contributed by atoms with van der Waals surface area (Å²) in [6.45, 7) is 0.358. The van der Waals surface area contributed by atoms with E-state index in [1.807, 2.05) is 0 Å². The predicted molar refractivity (Wildman–Crippen MR) is 65.2 cm³/mol. The Morgan fingerprint density at radius 1 is 1.05 bits per heavy atom. The molecule has 7 heteroatoms. The van der Waals surface area contributed by atoms with Crippen LogP contribution in [0.5, 0.6) is 0 Å². The normalized spacial score (nSPS) is 11.3. The molecule has 0 saturated heterocycles. The highest BCUT2D eigenvalue weighted by Gasteiger charge is 2.29. The van der Waals surface area contributed by atoms with E-state index in [9.17, 15) is 13.2 Å². The monoisotopic (exact) mass is 268 g/mol. The summed E-state index contributed by atoms with van der Waals surface area (Å²) in [7, 11) is 0. The van der Waals surface area contributed by atoms with Crippen LogP contribution in [-0.4, -0.2) is 9.97 Å². The van der Waals surface area contributed by atoms with Gasteiger partial charge in [-0.25, -0.2) is 9.97 Å². The Morgan fingerprint density at radius 2 is 1.74 bits per heavy atom. The molecule has 0 radical (unpaired) electrons. The highest BCUT2D eigenvalue weighted by Crippen LogP contribution is 2.29. The third-order valence-electron chi connectivity index (χ3n) is 2.43. The number of rotatable bonds is 3. The van der Waals surface area contributed by atoms with Gasteiger partial charge in [-0.3, -0.25) is 0 Å². The minimum absolute atomic E-state index is 0.306. The number of hydrogen-bond acceptors (Lipinski definition) is 4. The second-order valence-electron chi connectivity index (χ2n) is 3.87. The van der Waals surface area contributed by atoms with Crippen molar-refractivity contribution in [2.75, 3.05) is 11.1 Å². The van der Waals surface area contributed by atoms with Crippen LogP contribution in [0.15, 0.2) is 36.7 Å². The summed E-state index contributed by atoms with van der Waals surface area (Å²) in [6.07, 6.45) is -1.46. The first kappa shape index (κ1) is 13.1. The largest absolute Gasteiger partial charge is 0.416 e. The van der Waals surface area contributed by atoms with Crippen LogP contribution in [0.4, 0.5) is 24.8 Å². The number of nitrogens with two attached hydrogens (primary N) is 1. The van der Waals surface area contributed by atoms with Crippen LogP contribution in [0.3, 0.4) is 0 Å². The van der Waals surface area contributed by atoms with Crippen LogP contribution in [-0.2, 0) is 12.7 Å². The van der Waals surface area contributed by atoms with E-state index in [-0.39, 0.29) is 0 Å². The molecule has 1 aromatic heterocycles. The maximum Gasteiger partial charge on any atom is 0.416 e. The zero-order valence-electron chi connectivity index (χ0n) is 9.78. The Kier molecular flexibility index (Phi) is 3.55. The first-order valence-electron chi connectivity index (χ1n) is 5.43. The lowest BCUT2D eigenvalue weighted by Crippen LogP contribution is -2.06. The molecule has 0 unspecified atom stereocenters. The molecule has 0 atom stereocenters. The Bertz CT molecular complexity index is 534. The van der Waals surface area contributed by atoms with Crippen LogP contribution < -0.4 is 11.1 Å². The van der Waals surface area contributed by atoms with E-state index in [0.717, 1.165) is 12.1 Å². The van der Waals surface area contributed by atoms with Gasteiger partial charge >= 0.3 is 6.18 Å². The van der Waals surface area contributed by atoms with E-state index >= 15 is 0 Å². The third-order valence-corrected chi connectivity index (χ3v) is 2.43. The summed E-state index contributed by atoms with van der Waals surface area (Å²) in [5.41, 5.74) is 5.43. The maximum atomic E-state index is 12.4. The van der Waals surface area contributed by atoms with Crippen molar-refractivity contribution in [1.82, 2.24) is 9.97 Å². The molecule has 1 aromatic carbocycles. The zero-order chi connectivity index (χ0) is 13.9. The molecule has 19 heavy (non-hydrogen) atoms. The van der Waals surface area contributed by atoms with Crippen molar-refractivity contribution in [3.8, 4) is 0 Å². The molecule has 0 aliphatic carbocycles. The average molecular weight is 268 g/mol. The van der Waals surface area contributed by atoms with Gasteiger partial charge in [0.2, 0.25) is 0 Å². The molecular weight excluding hydrogens is 257 g/mol. The van der Waals surface area contributed by atoms with E-state index in [4.69, 9.17) is 5.73 Å². The molecule has 4 nitrogen and oxygen atoms in total. The summed E-state index contributed by atoms with van der Waals surface area (Å²) in [5.74, 6) is 0.814. The molecule has 2 aromatic rings. The zero-order valence-corrected chi connectivity index (χ0v) is 9.78. The Labute approximate surface area is 107 Å². The number of anilines is 2. The highest BCUT2D eigenvalue weighted by molar-refractivity contribution is 5.37. The summed E-state index contributed by atoms with van der Waals surface area (Å²) >= 11 is 0. The van der Waals surface area contributed by atoms with Crippen molar-refractivity contribution in [2.45, 2.75) is 12.7 Å². The Morgan fingerprint density at radius 3 is 2.26 bits per heavy atom. The molecule has 3 N–H and O–H groups in total. The van der Waals surface area contributed by atoms with E-state index in [1.165, 1.54) is 24.5 Å². The van der Waals surface area contributed by atoms with Gasteiger partial charge in [0.1, 0.15) is 11.6 Å². The molecule has 0 amide bonds. The van der Waals surface area contributed by atoms with Crippen molar-refractivity contribution in [3.05, 3.63) is 47.8 Å². The lowest BCUT2D eigenvalue weighted by atomic mass is 10.1. The molecule has 0 fully saturated rings. The molecule has 1 heterocycles. The predicted octanol–water partition coefficient (Wildman–Crippen LogP) is 2.69. The first-order valence-corrected chi connectivity index (χ1v) is 5.43. The lowest BCUT2D eigenvalue weighted by Gasteiger charge is -2.08. The number of aromatic nitrogens is 2. The molecule has 0 aliphatic heterocycles. The van der Waals surface area contributed by atoms with E-state index in [2.05, 4.69) is 15.3 Å². The van der Waals surface area contributed by atoms with Crippen molar-refractivity contribution < 1.29 is 13.2 Å². The van der Waals surface area contributed by atoms with Gasteiger partial charge in [0.05, 0.1) is 18.0 Å². The second-order valence-corrected chi connectivity index (χ2v) is 3.87. The van der Waals surface area contributed by atoms with E-state index in [1.54, 1.807) is 0 Å². The fourth-order valence-corrected chi connectivity index (χ4v) is 1.43. The minimum atomic E-state index is -4.31. The fourth-order valence-electron chi connectivity index (χ4n) is 1.43. The van der Waals surface area contributed by atoms with Crippen molar-refractivity contribution in [3.63, 3.8) is 0 Å². The molecule has 2 rings (SSSR count). The van der Waals surface area contributed by atoms with Crippen LogP contribution in [0.2, 0.25) is 0 Å². The van der Waals surface area contributed by atoms with Crippen LogP contribution in [0.25, 0.3) is 0 Å². The number of nitrogens with zero attached hydrogens (tertiary/aromatic N) is 2. The summed E-state index contributed by atoms with van der Waals surface area (Å²) < 4.78 is 37.1. The van der Waals surface area contributed by atoms with Gasteiger partial charge < -0.3 is 11.1 Å². The number of nitrogens with one attached hydrogen (secondary N) is 1.